The van der Waals surface area contributed by atoms with Gasteiger partial charge < -0.3 is 15.2 Å². The fraction of sp³-hybridized carbons (Fsp3) is 0.300. The van der Waals surface area contributed by atoms with Crippen LogP contribution in [-0.2, 0) is 22.6 Å². The fourth-order valence-corrected chi connectivity index (χ4v) is 2.99. The third-order valence-corrected chi connectivity index (χ3v) is 4.01. The number of aryl methyl sites for hydroxylation is 3. The van der Waals surface area contributed by atoms with Gasteiger partial charge in [-0.3, -0.25) is 4.79 Å². The summed E-state index contributed by atoms with van der Waals surface area (Å²) in [5.41, 5.74) is 5.58. The summed E-state index contributed by atoms with van der Waals surface area (Å²) >= 11 is 0. The average Bonchev–Trinajstić information content (AvgIpc) is 2.51. The number of amides is 1. The maximum Gasteiger partial charge on any atom is 0.335 e. The van der Waals surface area contributed by atoms with Gasteiger partial charge in [0.15, 0.2) is 0 Å². The predicted octanol–water partition coefficient (Wildman–Crippen LogP) is 3.64. The molecule has 5 nitrogen and oxygen atoms in total. The molecular formula is C20H23NO4. The number of carboxylic acid groups (broad SMARTS) is 1. The molecule has 132 valence electrons. The highest BCUT2D eigenvalue weighted by Gasteiger charge is 2.12. The molecule has 0 aliphatic carbocycles. The van der Waals surface area contributed by atoms with Gasteiger partial charge in [0.2, 0.25) is 5.91 Å². The van der Waals surface area contributed by atoms with Crippen LogP contribution < -0.4 is 5.32 Å². The summed E-state index contributed by atoms with van der Waals surface area (Å²) in [7, 11) is 1.54. The van der Waals surface area contributed by atoms with Crippen LogP contribution in [0, 0.1) is 20.8 Å². The highest BCUT2D eigenvalue weighted by atomic mass is 16.5. The molecule has 5 heteroatoms. The third-order valence-electron chi connectivity index (χ3n) is 4.01. The lowest BCUT2D eigenvalue weighted by Crippen LogP contribution is -2.16. The molecule has 0 aliphatic rings. The summed E-state index contributed by atoms with van der Waals surface area (Å²) in [4.78, 5) is 23.7. The van der Waals surface area contributed by atoms with Crippen molar-refractivity contribution in [3.8, 4) is 0 Å². The van der Waals surface area contributed by atoms with Gasteiger partial charge in [0.05, 0.1) is 18.6 Å². The third kappa shape index (κ3) is 4.90. The topological polar surface area (TPSA) is 75.6 Å². The normalized spacial score (nSPS) is 10.6. The van der Waals surface area contributed by atoms with Crippen molar-refractivity contribution in [2.24, 2.45) is 0 Å². The molecule has 0 atom stereocenters. The minimum Gasteiger partial charge on any atom is -0.478 e. The Hall–Kier alpha value is -2.66. The van der Waals surface area contributed by atoms with Crippen LogP contribution >= 0.6 is 0 Å². The Morgan fingerprint density at radius 3 is 2.24 bits per heavy atom. The van der Waals surface area contributed by atoms with E-state index in [9.17, 15) is 14.7 Å². The van der Waals surface area contributed by atoms with Crippen LogP contribution in [0.1, 0.15) is 38.2 Å². The van der Waals surface area contributed by atoms with E-state index in [2.05, 4.69) is 17.4 Å². The van der Waals surface area contributed by atoms with E-state index in [1.807, 2.05) is 20.8 Å². The van der Waals surface area contributed by atoms with Gasteiger partial charge in [-0.2, -0.15) is 0 Å². The summed E-state index contributed by atoms with van der Waals surface area (Å²) in [6.45, 7) is 6.29. The van der Waals surface area contributed by atoms with Crippen LogP contribution in [0.15, 0.2) is 30.3 Å². The van der Waals surface area contributed by atoms with E-state index >= 15 is 0 Å². The number of ether oxygens (including phenoxy) is 1. The zero-order chi connectivity index (χ0) is 18.6. The van der Waals surface area contributed by atoms with Crippen molar-refractivity contribution < 1.29 is 19.4 Å². The number of benzene rings is 2. The Labute approximate surface area is 147 Å². The highest BCUT2D eigenvalue weighted by molar-refractivity contribution is 5.95. The van der Waals surface area contributed by atoms with E-state index in [1.165, 1.54) is 19.2 Å². The second-order valence-electron chi connectivity index (χ2n) is 6.26. The number of carboxylic acids is 1. The Bertz CT molecular complexity index is 788. The van der Waals surface area contributed by atoms with Gasteiger partial charge in [-0.1, -0.05) is 17.7 Å². The predicted molar refractivity (Wildman–Crippen MR) is 97.1 cm³/mol. The van der Waals surface area contributed by atoms with Crippen molar-refractivity contribution >= 4 is 17.6 Å². The lowest BCUT2D eigenvalue weighted by atomic mass is 9.97. The van der Waals surface area contributed by atoms with Crippen LogP contribution in [0.4, 0.5) is 5.69 Å². The van der Waals surface area contributed by atoms with Gasteiger partial charge in [-0.05, 0) is 61.2 Å². The number of methoxy groups -OCH3 is 1. The quantitative estimate of drug-likeness (QED) is 0.841. The zero-order valence-corrected chi connectivity index (χ0v) is 15.0. The summed E-state index contributed by atoms with van der Waals surface area (Å²) < 4.78 is 5.06. The summed E-state index contributed by atoms with van der Waals surface area (Å²) in [5.74, 6) is -1.22. The number of aromatic carboxylic acids is 1. The van der Waals surface area contributed by atoms with Crippen LogP contribution in [0.25, 0.3) is 0 Å². The van der Waals surface area contributed by atoms with Gasteiger partial charge in [0, 0.05) is 12.8 Å². The van der Waals surface area contributed by atoms with Crippen molar-refractivity contribution in [1.82, 2.24) is 0 Å². The molecule has 0 radical (unpaired) electrons. The molecule has 25 heavy (non-hydrogen) atoms. The monoisotopic (exact) mass is 341 g/mol. The van der Waals surface area contributed by atoms with Crippen molar-refractivity contribution in [3.05, 3.63) is 63.7 Å². The molecule has 0 spiro atoms. The van der Waals surface area contributed by atoms with Gasteiger partial charge in [0.1, 0.15) is 0 Å². The largest absolute Gasteiger partial charge is 0.478 e. The van der Waals surface area contributed by atoms with E-state index < -0.39 is 5.97 Å². The molecule has 2 N–H and O–H groups in total. The average molecular weight is 341 g/mol. The summed E-state index contributed by atoms with van der Waals surface area (Å²) in [5, 5.41) is 12.0. The molecule has 2 aromatic carbocycles. The van der Waals surface area contributed by atoms with Gasteiger partial charge in [0.25, 0.3) is 0 Å². The summed E-state index contributed by atoms with van der Waals surface area (Å²) in [6.07, 6.45) is 0.245. The molecule has 0 bridgehead atoms. The van der Waals surface area contributed by atoms with Crippen LogP contribution in [0.2, 0.25) is 0 Å². The lowest BCUT2D eigenvalue weighted by molar-refractivity contribution is -0.115. The number of anilines is 1. The standard InChI is InChI=1S/C20H23NO4/c1-12-5-13(2)18(14(3)6-12)10-19(22)21-17-8-15(11-25-4)7-16(9-17)20(23)24/h5-9H,10-11H2,1-4H3,(H,21,22)(H,23,24). The van der Waals surface area contributed by atoms with E-state index in [-0.39, 0.29) is 24.5 Å². The Morgan fingerprint density at radius 2 is 1.68 bits per heavy atom. The highest BCUT2D eigenvalue weighted by Crippen LogP contribution is 2.19. The summed E-state index contributed by atoms with van der Waals surface area (Å²) in [6, 6.07) is 8.82. The van der Waals surface area contributed by atoms with Gasteiger partial charge >= 0.3 is 5.97 Å². The first kappa shape index (κ1) is 18.7. The van der Waals surface area contributed by atoms with Crippen molar-refractivity contribution in [2.75, 3.05) is 12.4 Å². The number of nitrogens with one attached hydrogen (secondary N) is 1. The molecule has 1 amide bonds. The lowest BCUT2D eigenvalue weighted by Gasteiger charge is -2.13. The maximum absolute atomic E-state index is 12.4. The van der Waals surface area contributed by atoms with E-state index in [4.69, 9.17) is 4.74 Å². The first-order chi connectivity index (χ1) is 11.8. The van der Waals surface area contributed by atoms with Crippen molar-refractivity contribution in [1.29, 1.82) is 0 Å². The SMILES string of the molecule is COCc1cc(NC(=O)Cc2c(C)cc(C)cc2C)cc(C(=O)O)c1. The number of carbonyl (C=O) groups is 2. The Morgan fingerprint density at radius 1 is 1.04 bits per heavy atom. The second-order valence-corrected chi connectivity index (χ2v) is 6.26. The second kappa shape index (κ2) is 7.94. The van der Waals surface area contributed by atoms with Crippen molar-refractivity contribution in [2.45, 2.75) is 33.8 Å². The van der Waals surface area contributed by atoms with E-state index in [1.54, 1.807) is 6.07 Å². The van der Waals surface area contributed by atoms with E-state index in [0.717, 1.165) is 22.3 Å². The van der Waals surface area contributed by atoms with Gasteiger partial charge in [-0.15, -0.1) is 0 Å². The molecule has 0 aromatic heterocycles. The molecule has 0 fully saturated rings. The number of rotatable bonds is 6. The zero-order valence-electron chi connectivity index (χ0n) is 15.0. The molecular weight excluding hydrogens is 318 g/mol. The fourth-order valence-electron chi connectivity index (χ4n) is 2.99. The minimum absolute atomic E-state index is 0.118. The Kier molecular flexibility index (Phi) is 5.93. The minimum atomic E-state index is -1.04. The molecule has 0 unspecified atom stereocenters. The maximum atomic E-state index is 12.4. The number of hydrogen-bond acceptors (Lipinski definition) is 3. The van der Waals surface area contributed by atoms with Gasteiger partial charge in [-0.25, -0.2) is 4.79 Å². The van der Waals surface area contributed by atoms with Crippen LogP contribution in [0.5, 0.6) is 0 Å². The van der Waals surface area contributed by atoms with Crippen molar-refractivity contribution in [3.63, 3.8) is 0 Å². The molecule has 2 aromatic rings. The molecule has 0 saturated carbocycles. The van der Waals surface area contributed by atoms with Crippen LogP contribution in [0.3, 0.4) is 0 Å². The van der Waals surface area contributed by atoms with E-state index in [0.29, 0.717) is 11.3 Å². The smallest absolute Gasteiger partial charge is 0.335 e. The first-order valence-corrected chi connectivity index (χ1v) is 8.03. The molecule has 0 saturated heterocycles. The molecule has 0 heterocycles. The molecule has 0 aliphatic heterocycles. The van der Waals surface area contributed by atoms with Crippen LogP contribution in [-0.4, -0.2) is 24.1 Å². The number of hydrogen-bond donors (Lipinski definition) is 2. The Balaban J connectivity index is 2.21. The first-order valence-electron chi connectivity index (χ1n) is 8.03. The molecule has 2 rings (SSSR count). The number of carbonyl (C=O) groups excluding carboxylic acids is 1.